The van der Waals surface area contributed by atoms with Gasteiger partial charge in [-0.2, -0.15) is 0 Å². The second-order valence-corrected chi connectivity index (χ2v) is 7.54. The number of halogens is 1. The van der Waals surface area contributed by atoms with Crippen molar-refractivity contribution in [3.63, 3.8) is 0 Å². The van der Waals surface area contributed by atoms with Crippen LogP contribution in [0, 0.1) is 19.7 Å². The second kappa shape index (κ2) is 8.66. The van der Waals surface area contributed by atoms with Crippen molar-refractivity contribution in [1.82, 2.24) is 0 Å². The minimum Gasteiger partial charge on any atom is -0.491 e. The highest BCUT2D eigenvalue weighted by molar-refractivity contribution is 5.28. The van der Waals surface area contributed by atoms with Gasteiger partial charge in [-0.05, 0) is 55.8 Å². The van der Waals surface area contributed by atoms with Gasteiger partial charge in [0.1, 0.15) is 36.1 Å². The van der Waals surface area contributed by atoms with E-state index in [4.69, 9.17) is 14.2 Å². The Morgan fingerprint density at radius 1 is 0.828 bits per heavy atom. The number of benzene rings is 3. The summed E-state index contributed by atoms with van der Waals surface area (Å²) in [4.78, 5) is 0. The molecule has 0 bridgehead atoms. The van der Waals surface area contributed by atoms with Crippen LogP contribution in [0.5, 0.6) is 11.5 Å². The Labute approximate surface area is 171 Å². The number of ether oxygens (including phenoxy) is 3. The van der Waals surface area contributed by atoms with Crippen molar-refractivity contribution in [3.05, 3.63) is 95.3 Å². The summed E-state index contributed by atoms with van der Waals surface area (Å²) in [6.07, 6.45) is 0.144. The van der Waals surface area contributed by atoms with Gasteiger partial charge in [-0.15, -0.1) is 0 Å². The van der Waals surface area contributed by atoms with Gasteiger partial charge in [0.15, 0.2) is 0 Å². The summed E-state index contributed by atoms with van der Waals surface area (Å²) in [6.45, 7) is 4.48. The van der Waals surface area contributed by atoms with Crippen LogP contribution in [0.15, 0.2) is 72.8 Å². The van der Waals surface area contributed by atoms with Gasteiger partial charge in [-0.3, -0.25) is 0 Å². The Morgan fingerprint density at radius 2 is 1.41 bits per heavy atom. The largest absolute Gasteiger partial charge is 0.491 e. The maximum Gasteiger partial charge on any atom is 0.131 e. The average molecular weight is 392 g/mol. The van der Waals surface area contributed by atoms with Crippen LogP contribution >= 0.6 is 0 Å². The Bertz CT molecular complexity index is 920. The highest BCUT2D eigenvalue weighted by Crippen LogP contribution is 2.36. The summed E-state index contributed by atoms with van der Waals surface area (Å²) >= 11 is 0. The Kier molecular flexibility index (Phi) is 5.81. The molecule has 1 aliphatic rings. The summed E-state index contributed by atoms with van der Waals surface area (Å²) in [7, 11) is 0. The van der Waals surface area contributed by atoms with Gasteiger partial charge < -0.3 is 14.2 Å². The van der Waals surface area contributed by atoms with Gasteiger partial charge in [-0.1, -0.05) is 47.5 Å². The predicted octanol–water partition coefficient (Wildman–Crippen LogP) is 5.80. The summed E-state index contributed by atoms with van der Waals surface area (Å²) in [5.41, 5.74) is 3.32. The van der Waals surface area contributed by atoms with Crippen LogP contribution in [0.25, 0.3) is 0 Å². The molecule has 0 radical (unpaired) electrons. The minimum atomic E-state index is -0.251. The molecule has 4 rings (SSSR count). The number of rotatable bonds is 6. The fraction of sp³-hybridized carbons (Fsp3) is 0.280. The van der Waals surface area contributed by atoms with Crippen molar-refractivity contribution in [2.75, 3.05) is 6.61 Å². The molecule has 0 aliphatic carbocycles. The molecule has 0 amide bonds. The van der Waals surface area contributed by atoms with E-state index >= 15 is 0 Å². The molecule has 29 heavy (non-hydrogen) atoms. The molecule has 150 valence electrons. The van der Waals surface area contributed by atoms with Crippen molar-refractivity contribution < 1.29 is 18.6 Å². The highest BCUT2D eigenvalue weighted by atomic mass is 19.1. The lowest BCUT2D eigenvalue weighted by atomic mass is 10.0. The average Bonchev–Trinajstić information content (AvgIpc) is 3.12. The SMILES string of the molecule is Cc1ccc(OC[C@H]2O[C@@H](c3ccc(F)cc3)C[C@@H]2Oc2ccc(C)cc2)cc1. The monoisotopic (exact) mass is 392 g/mol. The van der Waals surface area contributed by atoms with Crippen LogP contribution in [-0.2, 0) is 4.74 Å². The van der Waals surface area contributed by atoms with Crippen molar-refractivity contribution in [1.29, 1.82) is 0 Å². The summed E-state index contributed by atoms with van der Waals surface area (Å²) in [5.74, 6) is 1.36. The molecule has 1 aliphatic heterocycles. The molecule has 0 unspecified atom stereocenters. The van der Waals surface area contributed by atoms with Gasteiger partial charge in [0.05, 0.1) is 6.10 Å². The van der Waals surface area contributed by atoms with E-state index in [0.29, 0.717) is 13.0 Å². The van der Waals surface area contributed by atoms with Gasteiger partial charge in [0, 0.05) is 6.42 Å². The number of hydrogen-bond acceptors (Lipinski definition) is 3. The van der Waals surface area contributed by atoms with E-state index in [1.807, 2.05) is 62.4 Å². The zero-order valence-corrected chi connectivity index (χ0v) is 16.7. The molecule has 3 aromatic carbocycles. The number of aryl methyl sites for hydroxylation is 2. The van der Waals surface area contributed by atoms with Crippen molar-refractivity contribution >= 4 is 0 Å². The third kappa shape index (κ3) is 4.96. The van der Waals surface area contributed by atoms with Crippen molar-refractivity contribution in [2.45, 2.75) is 38.6 Å². The molecule has 1 saturated heterocycles. The molecule has 0 spiro atoms. The molecule has 3 aromatic rings. The van der Waals surface area contributed by atoms with E-state index in [1.54, 1.807) is 12.1 Å². The van der Waals surface area contributed by atoms with E-state index in [-0.39, 0.29) is 24.1 Å². The molecular formula is C25H25FO3. The predicted molar refractivity (Wildman–Crippen MR) is 111 cm³/mol. The fourth-order valence-corrected chi connectivity index (χ4v) is 3.48. The maximum atomic E-state index is 13.3. The number of hydrogen-bond donors (Lipinski definition) is 0. The van der Waals surface area contributed by atoms with Crippen LogP contribution in [0.1, 0.15) is 29.2 Å². The molecular weight excluding hydrogens is 367 g/mol. The summed E-state index contributed by atoms with van der Waals surface area (Å²) < 4.78 is 31.8. The zero-order valence-electron chi connectivity index (χ0n) is 16.7. The molecule has 1 heterocycles. The van der Waals surface area contributed by atoms with Crippen molar-refractivity contribution in [3.8, 4) is 11.5 Å². The first-order chi connectivity index (χ1) is 14.1. The lowest BCUT2D eigenvalue weighted by Crippen LogP contribution is -2.32. The minimum absolute atomic E-state index is 0.154. The Morgan fingerprint density at radius 3 is 2.03 bits per heavy atom. The molecule has 0 N–H and O–H groups in total. The molecule has 3 atom stereocenters. The Hall–Kier alpha value is -2.85. The first-order valence-corrected chi connectivity index (χ1v) is 9.90. The zero-order chi connectivity index (χ0) is 20.2. The highest BCUT2D eigenvalue weighted by Gasteiger charge is 2.38. The van der Waals surface area contributed by atoms with E-state index < -0.39 is 0 Å². The lowest BCUT2D eigenvalue weighted by Gasteiger charge is -2.20. The third-order valence-electron chi connectivity index (χ3n) is 5.19. The summed E-state index contributed by atoms with van der Waals surface area (Å²) in [5, 5.41) is 0. The molecule has 0 aromatic heterocycles. The maximum absolute atomic E-state index is 13.3. The third-order valence-corrected chi connectivity index (χ3v) is 5.19. The topological polar surface area (TPSA) is 27.7 Å². The molecule has 3 nitrogen and oxygen atoms in total. The standard InChI is InChI=1S/C25H25FO3/c1-17-3-11-21(12-4-17)27-16-25-24(28-22-13-5-18(2)6-14-22)15-23(29-25)19-7-9-20(26)10-8-19/h3-14,23-25H,15-16H2,1-2H3/t23-,24+,25-/m1/s1. The van der Waals surface area contributed by atoms with Crippen molar-refractivity contribution in [2.24, 2.45) is 0 Å². The van der Waals surface area contributed by atoms with Crippen LogP contribution in [0.3, 0.4) is 0 Å². The normalized spacial score (nSPS) is 21.1. The quantitative estimate of drug-likeness (QED) is 0.531. The second-order valence-electron chi connectivity index (χ2n) is 7.54. The van der Waals surface area contributed by atoms with E-state index in [0.717, 1.165) is 17.1 Å². The molecule has 0 saturated carbocycles. The smallest absolute Gasteiger partial charge is 0.131 e. The van der Waals surface area contributed by atoms with Crippen LogP contribution in [0.4, 0.5) is 4.39 Å². The lowest BCUT2D eigenvalue weighted by molar-refractivity contribution is -0.0107. The first kappa shape index (κ1) is 19.5. The first-order valence-electron chi connectivity index (χ1n) is 9.90. The van der Waals surface area contributed by atoms with Crippen LogP contribution < -0.4 is 9.47 Å². The van der Waals surface area contributed by atoms with Crippen LogP contribution in [-0.4, -0.2) is 18.8 Å². The van der Waals surface area contributed by atoms with E-state index in [9.17, 15) is 4.39 Å². The van der Waals surface area contributed by atoms with E-state index in [1.165, 1.54) is 23.3 Å². The fourth-order valence-electron chi connectivity index (χ4n) is 3.48. The van der Waals surface area contributed by atoms with Gasteiger partial charge in [0.2, 0.25) is 0 Å². The van der Waals surface area contributed by atoms with Gasteiger partial charge in [0.25, 0.3) is 0 Å². The van der Waals surface area contributed by atoms with E-state index in [2.05, 4.69) is 0 Å². The van der Waals surface area contributed by atoms with Gasteiger partial charge >= 0.3 is 0 Å². The van der Waals surface area contributed by atoms with Gasteiger partial charge in [-0.25, -0.2) is 4.39 Å². The molecule has 4 heteroatoms. The molecule has 1 fully saturated rings. The summed E-state index contributed by atoms with van der Waals surface area (Å²) in [6, 6.07) is 22.4. The Balaban J connectivity index is 1.48. The van der Waals surface area contributed by atoms with Crippen LogP contribution in [0.2, 0.25) is 0 Å².